The number of amides is 3. The van der Waals surface area contributed by atoms with Gasteiger partial charge in [-0.25, -0.2) is 9.59 Å². The zero-order valence-electron chi connectivity index (χ0n) is 16.9. The van der Waals surface area contributed by atoms with E-state index in [1.54, 1.807) is 50.2 Å². The lowest BCUT2D eigenvalue weighted by molar-refractivity contribution is -0.152. The van der Waals surface area contributed by atoms with E-state index in [4.69, 9.17) is 9.47 Å². The molecule has 156 valence electrons. The lowest BCUT2D eigenvalue weighted by atomic mass is 10.0. The van der Waals surface area contributed by atoms with Crippen molar-refractivity contribution >= 4 is 23.9 Å². The van der Waals surface area contributed by atoms with E-state index >= 15 is 0 Å². The molecule has 8 heteroatoms. The third kappa shape index (κ3) is 3.89. The highest BCUT2D eigenvalue weighted by molar-refractivity contribution is 6.21. The molecule has 0 aromatic heterocycles. The number of hydrogen-bond donors (Lipinski definition) is 0. The summed E-state index contributed by atoms with van der Waals surface area (Å²) in [5, 5.41) is 1.43. The molecule has 2 aromatic carbocycles. The van der Waals surface area contributed by atoms with Crippen molar-refractivity contribution in [2.24, 2.45) is 5.92 Å². The molecule has 30 heavy (non-hydrogen) atoms. The van der Waals surface area contributed by atoms with Gasteiger partial charge in [-0.3, -0.25) is 9.59 Å². The predicted molar refractivity (Wildman–Crippen MR) is 106 cm³/mol. The summed E-state index contributed by atoms with van der Waals surface area (Å²) in [6.07, 6.45) is -1.00. The molecule has 3 amide bonds. The standard InChI is InChI=1S/C22H22N2O6/c1-14(2)18(21(27)29-3)23(22(28)30-13-15-9-5-4-6-10-15)24-19(25)16-11-7-8-12-17(16)20(24)26/h4-12,14,18H,13H2,1-3H3/t18-/m1/s1. The third-order valence-corrected chi connectivity index (χ3v) is 4.72. The van der Waals surface area contributed by atoms with Crippen LogP contribution in [0.15, 0.2) is 54.6 Å². The highest BCUT2D eigenvalue weighted by Crippen LogP contribution is 2.28. The second-order valence-electron chi connectivity index (χ2n) is 7.06. The number of rotatable bonds is 6. The van der Waals surface area contributed by atoms with Gasteiger partial charge >= 0.3 is 12.1 Å². The van der Waals surface area contributed by atoms with Gasteiger partial charge in [-0.05, 0) is 23.6 Å². The molecule has 0 saturated carbocycles. The topological polar surface area (TPSA) is 93.2 Å². The normalized spacial score (nSPS) is 13.8. The first-order chi connectivity index (χ1) is 14.4. The first kappa shape index (κ1) is 21.0. The lowest BCUT2D eigenvalue weighted by Gasteiger charge is -2.35. The summed E-state index contributed by atoms with van der Waals surface area (Å²) >= 11 is 0. The Kier molecular flexibility index (Phi) is 6.15. The Hall–Kier alpha value is -3.68. The summed E-state index contributed by atoms with van der Waals surface area (Å²) in [4.78, 5) is 51.5. The van der Waals surface area contributed by atoms with Crippen LogP contribution in [0.4, 0.5) is 4.79 Å². The van der Waals surface area contributed by atoms with Crippen molar-refractivity contribution < 1.29 is 28.7 Å². The number of esters is 1. The van der Waals surface area contributed by atoms with Crippen LogP contribution in [0.5, 0.6) is 0 Å². The van der Waals surface area contributed by atoms with Gasteiger partial charge in [0, 0.05) is 0 Å². The van der Waals surface area contributed by atoms with Gasteiger partial charge in [0.1, 0.15) is 6.61 Å². The van der Waals surface area contributed by atoms with Crippen LogP contribution in [0.3, 0.4) is 0 Å². The fourth-order valence-corrected chi connectivity index (χ4v) is 3.25. The van der Waals surface area contributed by atoms with Crippen LogP contribution in [-0.4, -0.2) is 47.0 Å². The van der Waals surface area contributed by atoms with Crippen LogP contribution in [0.25, 0.3) is 0 Å². The largest absolute Gasteiger partial charge is 0.467 e. The molecule has 0 fully saturated rings. The Bertz CT molecular complexity index is 938. The minimum atomic E-state index is -1.24. The van der Waals surface area contributed by atoms with Gasteiger partial charge < -0.3 is 9.47 Å². The van der Waals surface area contributed by atoms with Crippen molar-refractivity contribution in [3.8, 4) is 0 Å². The van der Waals surface area contributed by atoms with E-state index in [-0.39, 0.29) is 17.7 Å². The molecule has 0 radical (unpaired) electrons. The summed E-state index contributed by atoms with van der Waals surface area (Å²) in [5.74, 6) is -2.65. The predicted octanol–water partition coefficient (Wildman–Crippen LogP) is 3.03. The highest BCUT2D eigenvalue weighted by atomic mass is 16.6. The summed E-state index contributed by atoms with van der Waals surface area (Å²) in [6, 6.07) is 13.9. The van der Waals surface area contributed by atoms with Crippen LogP contribution in [0, 0.1) is 5.92 Å². The summed E-state index contributed by atoms with van der Waals surface area (Å²) in [5.41, 5.74) is 1.01. The molecule has 0 N–H and O–H groups in total. The number of fused-ring (bicyclic) bond motifs is 1. The Morgan fingerprint density at radius 3 is 1.97 bits per heavy atom. The molecule has 0 aliphatic carbocycles. The first-order valence-corrected chi connectivity index (χ1v) is 9.42. The van der Waals surface area contributed by atoms with Gasteiger partial charge in [0.2, 0.25) is 0 Å². The minimum Gasteiger partial charge on any atom is -0.467 e. The van der Waals surface area contributed by atoms with Crippen molar-refractivity contribution in [2.75, 3.05) is 7.11 Å². The molecule has 0 spiro atoms. The van der Waals surface area contributed by atoms with Crippen molar-refractivity contribution in [2.45, 2.75) is 26.5 Å². The minimum absolute atomic E-state index is 0.0919. The number of ether oxygens (including phenoxy) is 2. The van der Waals surface area contributed by atoms with Gasteiger partial charge in [0.05, 0.1) is 18.2 Å². The first-order valence-electron chi connectivity index (χ1n) is 9.42. The third-order valence-electron chi connectivity index (χ3n) is 4.72. The molecule has 1 atom stereocenters. The van der Waals surface area contributed by atoms with Gasteiger partial charge in [0.25, 0.3) is 11.8 Å². The van der Waals surface area contributed by atoms with Crippen molar-refractivity contribution in [1.29, 1.82) is 0 Å². The van der Waals surface area contributed by atoms with E-state index in [0.29, 0.717) is 10.6 Å². The van der Waals surface area contributed by atoms with Gasteiger partial charge in [-0.1, -0.05) is 56.3 Å². The summed E-state index contributed by atoms with van der Waals surface area (Å²) in [7, 11) is 1.17. The summed E-state index contributed by atoms with van der Waals surface area (Å²) in [6.45, 7) is 3.26. The number of carbonyl (C=O) groups is 4. The maximum Gasteiger partial charge on any atom is 0.430 e. The van der Waals surface area contributed by atoms with Crippen molar-refractivity contribution in [3.05, 3.63) is 71.3 Å². The molecule has 8 nitrogen and oxygen atoms in total. The smallest absolute Gasteiger partial charge is 0.430 e. The highest BCUT2D eigenvalue weighted by Gasteiger charge is 2.48. The molecule has 1 heterocycles. The van der Waals surface area contributed by atoms with Crippen LogP contribution in [-0.2, 0) is 20.9 Å². The quantitative estimate of drug-likeness (QED) is 0.537. The Balaban J connectivity index is 1.97. The SMILES string of the molecule is COC(=O)[C@@H](C(C)C)N(C(=O)OCc1ccccc1)N1C(=O)c2ccccc2C1=O. The van der Waals surface area contributed by atoms with E-state index in [1.165, 1.54) is 19.2 Å². The maximum atomic E-state index is 13.1. The number of hydrazine groups is 1. The van der Waals surface area contributed by atoms with E-state index in [9.17, 15) is 19.2 Å². The molecule has 1 aliphatic heterocycles. The summed E-state index contributed by atoms with van der Waals surface area (Å²) < 4.78 is 10.2. The number of methoxy groups -OCH3 is 1. The molecule has 0 unspecified atom stereocenters. The Labute approximate surface area is 173 Å². The number of imide groups is 1. The van der Waals surface area contributed by atoms with Crippen LogP contribution < -0.4 is 0 Å². The molecule has 1 aliphatic rings. The number of hydrogen-bond acceptors (Lipinski definition) is 6. The van der Waals surface area contributed by atoms with Crippen molar-refractivity contribution in [1.82, 2.24) is 10.0 Å². The monoisotopic (exact) mass is 410 g/mol. The van der Waals surface area contributed by atoms with Crippen LogP contribution in [0.1, 0.15) is 40.1 Å². The molecule has 0 saturated heterocycles. The van der Waals surface area contributed by atoms with Gasteiger partial charge in [-0.2, -0.15) is 10.0 Å². The fraction of sp³-hybridized carbons (Fsp3) is 0.273. The molecular weight excluding hydrogens is 388 g/mol. The number of benzene rings is 2. The average molecular weight is 410 g/mol. The van der Waals surface area contributed by atoms with E-state index in [0.717, 1.165) is 5.01 Å². The molecule has 2 aromatic rings. The second-order valence-corrected chi connectivity index (χ2v) is 7.06. The van der Waals surface area contributed by atoms with Gasteiger partial charge in [-0.15, -0.1) is 0 Å². The van der Waals surface area contributed by atoms with Crippen LogP contribution in [0.2, 0.25) is 0 Å². The maximum absolute atomic E-state index is 13.1. The number of nitrogens with zero attached hydrogens (tertiary/aromatic N) is 2. The van der Waals surface area contributed by atoms with E-state index in [1.807, 2.05) is 6.07 Å². The molecule has 3 rings (SSSR count). The van der Waals surface area contributed by atoms with Crippen LogP contribution >= 0.6 is 0 Å². The zero-order chi connectivity index (χ0) is 21.8. The van der Waals surface area contributed by atoms with E-state index in [2.05, 4.69) is 0 Å². The van der Waals surface area contributed by atoms with E-state index < -0.39 is 35.8 Å². The lowest BCUT2D eigenvalue weighted by Crippen LogP contribution is -2.59. The van der Waals surface area contributed by atoms with Crippen molar-refractivity contribution in [3.63, 3.8) is 0 Å². The molecular formula is C22H22N2O6. The van der Waals surface area contributed by atoms with Gasteiger partial charge in [0.15, 0.2) is 6.04 Å². The number of carbonyl (C=O) groups excluding carboxylic acids is 4. The fourth-order valence-electron chi connectivity index (χ4n) is 3.25. The molecule has 0 bridgehead atoms. The average Bonchev–Trinajstić information content (AvgIpc) is 3.00. The Morgan fingerprint density at radius 2 is 1.47 bits per heavy atom. The second kappa shape index (κ2) is 8.77. The Morgan fingerprint density at radius 1 is 0.933 bits per heavy atom. The zero-order valence-corrected chi connectivity index (χ0v) is 16.9.